The van der Waals surface area contributed by atoms with Crippen molar-refractivity contribution < 1.29 is 4.79 Å². The van der Waals surface area contributed by atoms with Gasteiger partial charge in [0.1, 0.15) is 0 Å². The largest absolute Gasteiger partial charge is 0.369 e. The number of amides is 1. The zero-order valence-corrected chi connectivity index (χ0v) is 14.6. The third-order valence-electron chi connectivity index (χ3n) is 5.92. The van der Waals surface area contributed by atoms with E-state index < -0.39 is 0 Å². The Balaban J connectivity index is 1.22. The number of carbonyl (C=O) groups is 1. The Morgan fingerprint density at radius 1 is 0.958 bits per heavy atom. The second-order valence-corrected chi connectivity index (χ2v) is 7.55. The standard InChI is InChI=1S/C20H29N3O/c24-20(23-11-4-7-19(23)17-8-9-17)10-12-21-13-15-22(16-14-21)18-5-2-1-3-6-18/h1-3,5-6,17,19H,4,7-16H2. The van der Waals surface area contributed by atoms with Crippen LogP contribution in [0, 0.1) is 5.92 Å². The summed E-state index contributed by atoms with van der Waals surface area (Å²) in [5.41, 5.74) is 1.32. The molecular formula is C20H29N3O. The Labute approximate surface area is 145 Å². The Hall–Kier alpha value is -1.55. The SMILES string of the molecule is O=C(CCN1CCN(c2ccccc2)CC1)N1CCCC1C1CC1. The van der Waals surface area contributed by atoms with E-state index in [9.17, 15) is 4.79 Å². The van der Waals surface area contributed by atoms with Crippen LogP contribution in [-0.2, 0) is 4.79 Å². The van der Waals surface area contributed by atoms with Crippen LogP contribution >= 0.6 is 0 Å². The van der Waals surface area contributed by atoms with E-state index >= 15 is 0 Å². The van der Waals surface area contributed by atoms with Gasteiger partial charge in [-0.3, -0.25) is 9.69 Å². The lowest BCUT2D eigenvalue weighted by Crippen LogP contribution is -2.47. The van der Waals surface area contributed by atoms with Crippen LogP contribution in [0.1, 0.15) is 32.1 Å². The van der Waals surface area contributed by atoms with Gasteiger partial charge in [-0.15, -0.1) is 0 Å². The molecule has 0 N–H and O–H groups in total. The second kappa shape index (κ2) is 7.14. The first-order valence-electron chi connectivity index (χ1n) is 9.63. The number of likely N-dealkylation sites (tertiary alicyclic amines) is 1. The minimum Gasteiger partial charge on any atom is -0.369 e. The average Bonchev–Trinajstić information content (AvgIpc) is 3.37. The molecule has 1 aliphatic carbocycles. The number of rotatable bonds is 5. The summed E-state index contributed by atoms with van der Waals surface area (Å²) in [5.74, 6) is 1.22. The van der Waals surface area contributed by atoms with Gasteiger partial charge >= 0.3 is 0 Å². The summed E-state index contributed by atoms with van der Waals surface area (Å²) >= 11 is 0. The van der Waals surface area contributed by atoms with Gasteiger partial charge in [-0.2, -0.15) is 0 Å². The molecule has 3 aliphatic rings. The van der Waals surface area contributed by atoms with Gasteiger partial charge in [0.2, 0.25) is 5.91 Å². The van der Waals surface area contributed by atoms with Crippen molar-refractivity contribution >= 4 is 11.6 Å². The predicted octanol–water partition coefficient (Wildman–Crippen LogP) is 2.60. The third kappa shape index (κ3) is 3.59. The molecule has 24 heavy (non-hydrogen) atoms. The van der Waals surface area contributed by atoms with Crippen LogP contribution < -0.4 is 4.90 Å². The number of carbonyl (C=O) groups excluding carboxylic acids is 1. The minimum atomic E-state index is 0.398. The molecule has 4 nitrogen and oxygen atoms in total. The van der Waals surface area contributed by atoms with Gasteiger partial charge in [0.05, 0.1) is 0 Å². The molecule has 0 bridgehead atoms. The maximum Gasteiger partial charge on any atom is 0.224 e. The second-order valence-electron chi connectivity index (χ2n) is 7.55. The molecule has 2 aliphatic heterocycles. The third-order valence-corrected chi connectivity index (χ3v) is 5.92. The Bertz CT molecular complexity index is 549. The van der Waals surface area contributed by atoms with Crippen LogP contribution in [0.25, 0.3) is 0 Å². The molecule has 2 saturated heterocycles. The van der Waals surface area contributed by atoms with Gasteiger partial charge in [0, 0.05) is 57.4 Å². The van der Waals surface area contributed by atoms with E-state index in [4.69, 9.17) is 0 Å². The predicted molar refractivity (Wildman–Crippen MR) is 97.2 cm³/mol. The van der Waals surface area contributed by atoms with Gasteiger partial charge in [-0.25, -0.2) is 0 Å². The van der Waals surface area contributed by atoms with E-state index in [0.717, 1.165) is 45.2 Å². The molecule has 1 unspecified atom stereocenters. The molecule has 1 aromatic rings. The lowest BCUT2D eigenvalue weighted by atomic mass is 10.1. The molecule has 1 saturated carbocycles. The molecule has 4 rings (SSSR count). The molecule has 1 aromatic carbocycles. The monoisotopic (exact) mass is 327 g/mol. The topological polar surface area (TPSA) is 26.8 Å². The number of anilines is 1. The van der Waals surface area contributed by atoms with Gasteiger partial charge in [0.15, 0.2) is 0 Å². The van der Waals surface area contributed by atoms with Crippen LogP contribution in [0.15, 0.2) is 30.3 Å². The van der Waals surface area contributed by atoms with Crippen LogP contribution in [0.5, 0.6) is 0 Å². The van der Waals surface area contributed by atoms with Gasteiger partial charge in [0.25, 0.3) is 0 Å². The first-order chi connectivity index (χ1) is 11.8. The number of hydrogen-bond donors (Lipinski definition) is 0. The summed E-state index contributed by atoms with van der Waals surface area (Å²) in [7, 11) is 0. The summed E-state index contributed by atoms with van der Waals surface area (Å²) in [4.78, 5) is 19.7. The quantitative estimate of drug-likeness (QED) is 0.832. The zero-order valence-electron chi connectivity index (χ0n) is 14.6. The average molecular weight is 327 g/mol. The van der Waals surface area contributed by atoms with Crippen LogP contribution in [0.4, 0.5) is 5.69 Å². The fraction of sp³-hybridized carbons (Fsp3) is 0.650. The van der Waals surface area contributed by atoms with E-state index in [0.29, 0.717) is 18.4 Å². The van der Waals surface area contributed by atoms with E-state index in [2.05, 4.69) is 45.0 Å². The molecule has 3 fully saturated rings. The van der Waals surface area contributed by atoms with Crippen molar-refractivity contribution in [3.05, 3.63) is 30.3 Å². The fourth-order valence-corrected chi connectivity index (χ4v) is 4.34. The highest BCUT2D eigenvalue weighted by molar-refractivity contribution is 5.77. The van der Waals surface area contributed by atoms with E-state index in [-0.39, 0.29) is 0 Å². The van der Waals surface area contributed by atoms with Gasteiger partial charge in [-0.05, 0) is 43.7 Å². The summed E-state index contributed by atoms with van der Waals surface area (Å²) in [5, 5.41) is 0. The van der Waals surface area contributed by atoms with Gasteiger partial charge < -0.3 is 9.80 Å². The van der Waals surface area contributed by atoms with Crippen molar-refractivity contribution in [2.24, 2.45) is 5.92 Å². The molecule has 4 heteroatoms. The van der Waals surface area contributed by atoms with Crippen LogP contribution in [0.2, 0.25) is 0 Å². The van der Waals surface area contributed by atoms with Crippen molar-refractivity contribution in [3.63, 3.8) is 0 Å². The highest BCUT2D eigenvalue weighted by atomic mass is 16.2. The number of benzene rings is 1. The molecule has 0 aromatic heterocycles. The van der Waals surface area contributed by atoms with Gasteiger partial charge in [-0.1, -0.05) is 18.2 Å². The maximum absolute atomic E-state index is 12.6. The van der Waals surface area contributed by atoms with Crippen molar-refractivity contribution in [2.45, 2.75) is 38.1 Å². The molecule has 1 amide bonds. The first kappa shape index (κ1) is 15.9. The molecular weight excluding hydrogens is 298 g/mol. The minimum absolute atomic E-state index is 0.398. The van der Waals surface area contributed by atoms with Crippen LogP contribution in [-0.4, -0.2) is 61.0 Å². The van der Waals surface area contributed by atoms with E-state index in [1.807, 2.05) is 0 Å². The van der Waals surface area contributed by atoms with Crippen molar-refractivity contribution in [2.75, 3.05) is 44.2 Å². The van der Waals surface area contributed by atoms with Crippen molar-refractivity contribution in [3.8, 4) is 0 Å². The number of nitrogens with zero attached hydrogens (tertiary/aromatic N) is 3. The lowest BCUT2D eigenvalue weighted by Gasteiger charge is -2.36. The molecule has 1 atom stereocenters. The van der Waals surface area contributed by atoms with Crippen molar-refractivity contribution in [1.29, 1.82) is 0 Å². The van der Waals surface area contributed by atoms with Crippen molar-refractivity contribution in [1.82, 2.24) is 9.80 Å². The van der Waals surface area contributed by atoms with Crippen LogP contribution in [0.3, 0.4) is 0 Å². The Kier molecular flexibility index (Phi) is 4.74. The molecule has 2 heterocycles. The normalized spacial score (nSPS) is 25.2. The first-order valence-corrected chi connectivity index (χ1v) is 9.63. The number of para-hydroxylation sites is 1. The summed E-state index contributed by atoms with van der Waals surface area (Å²) in [6.07, 6.45) is 5.84. The molecule has 130 valence electrons. The smallest absolute Gasteiger partial charge is 0.224 e. The number of hydrogen-bond acceptors (Lipinski definition) is 3. The zero-order chi connectivity index (χ0) is 16.4. The highest BCUT2D eigenvalue weighted by Crippen LogP contribution is 2.40. The Morgan fingerprint density at radius 2 is 1.71 bits per heavy atom. The van der Waals surface area contributed by atoms with E-state index in [1.165, 1.54) is 31.4 Å². The van der Waals surface area contributed by atoms with E-state index in [1.54, 1.807) is 0 Å². The summed E-state index contributed by atoms with van der Waals surface area (Å²) < 4.78 is 0. The summed E-state index contributed by atoms with van der Waals surface area (Å²) in [6, 6.07) is 11.2. The lowest BCUT2D eigenvalue weighted by molar-refractivity contribution is -0.132. The number of piperazine rings is 1. The molecule has 0 spiro atoms. The maximum atomic E-state index is 12.6. The summed E-state index contributed by atoms with van der Waals surface area (Å²) in [6.45, 7) is 6.18. The molecule has 0 radical (unpaired) electrons. The fourth-order valence-electron chi connectivity index (χ4n) is 4.34. The Morgan fingerprint density at radius 3 is 2.42 bits per heavy atom. The highest BCUT2D eigenvalue weighted by Gasteiger charge is 2.39.